The standard InChI is InChI=1S/C24H24N4O4/c29-22-13-18(7-10-28(22)11-8-21-23(30)24(31)27-16-26-21)4-1-17-2-5-19(6-3-17)14-25-20-9-12-32-15-20/h2-3,5-7,10,13,16,20,25,30H,8-9,11-12,14-15H2,(H,26,27,31). The van der Waals surface area contributed by atoms with Gasteiger partial charge in [-0.05, 0) is 30.2 Å². The van der Waals surface area contributed by atoms with Gasteiger partial charge in [-0.3, -0.25) is 9.59 Å². The molecule has 0 radical (unpaired) electrons. The minimum atomic E-state index is -0.597. The molecule has 8 nitrogen and oxygen atoms in total. The van der Waals surface area contributed by atoms with Gasteiger partial charge in [-0.2, -0.15) is 0 Å². The molecule has 0 amide bonds. The molecule has 4 rings (SSSR count). The Kier molecular flexibility index (Phi) is 6.80. The van der Waals surface area contributed by atoms with Gasteiger partial charge in [0.2, 0.25) is 5.75 Å². The Morgan fingerprint density at radius 1 is 1.19 bits per heavy atom. The van der Waals surface area contributed by atoms with Gasteiger partial charge in [0.15, 0.2) is 0 Å². The van der Waals surface area contributed by atoms with Crippen LogP contribution in [0, 0.1) is 11.8 Å². The van der Waals surface area contributed by atoms with Gasteiger partial charge in [-0.1, -0.05) is 24.0 Å². The fourth-order valence-electron chi connectivity index (χ4n) is 3.42. The molecule has 3 N–H and O–H groups in total. The fourth-order valence-corrected chi connectivity index (χ4v) is 3.42. The van der Waals surface area contributed by atoms with Gasteiger partial charge < -0.3 is 24.7 Å². The van der Waals surface area contributed by atoms with E-state index in [-0.39, 0.29) is 17.7 Å². The summed E-state index contributed by atoms with van der Waals surface area (Å²) in [7, 11) is 0. The molecule has 1 atom stereocenters. The highest BCUT2D eigenvalue weighted by Gasteiger charge is 2.14. The van der Waals surface area contributed by atoms with Crippen LogP contribution in [0.2, 0.25) is 0 Å². The van der Waals surface area contributed by atoms with Gasteiger partial charge in [-0.25, -0.2) is 4.98 Å². The molecular weight excluding hydrogens is 408 g/mol. The van der Waals surface area contributed by atoms with Gasteiger partial charge in [0.05, 0.1) is 18.6 Å². The summed E-state index contributed by atoms with van der Waals surface area (Å²) < 4.78 is 6.86. The molecule has 0 aliphatic carbocycles. The quantitative estimate of drug-likeness (QED) is 0.505. The van der Waals surface area contributed by atoms with E-state index in [4.69, 9.17) is 4.74 Å². The summed E-state index contributed by atoms with van der Waals surface area (Å²) in [5.74, 6) is 5.69. The van der Waals surface area contributed by atoms with Crippen LogP contribution in [0.15, 0.2) is 58.5 Å². The molecule has 164 valence electrons. The number of aromatic nitrogens is 3. The van der Waals surface area contributed by atoms with Crippen molar-refractivity contribution < 1.29 is 9.84 Å². The summed E-state index contributed by atoms with van der Waals surface area (Å²) >= 11 is 0. The van der Waals surface area contributed by atoms with Gasteiger partial charge in [0.25, 0.3) is 11.1 Å². The summed E-state index contributed by atoms with van der Waals surface area (Å²) in [5, 5.41) is 13.2. The van der Waals surface area contributed by atoms with Crippen molar-refractivity contribution in [1.82, 2.24) is 19.9 Å². The smallest absolute Gasteiger partial charge is 0.293 e. The number of pyridine rings is 1. The number of nitrogens with one attached hydrogen (secondary N) is 2. The summed E-state index contributed by atoms with van der Waals surface area (Å²) in [6.07, 6.45) is 4.19. The van der Waals surface area contributed by atoms with Crippen LogP contribution in [-0.4, -0.2) is 38.9 Å². The Morgan fingerprint density at radius 3 is 2.75 bits per heavy atom. The number of H-pyrrole nitrogens is 1. The van der Waals surface area contributed by atoms with Gasteiger partial charge in [0.1, 0.15) is 0 Å². The molecule has 1 aliphatic heterocycles. The van der Waals surface area contributed by atoms with Crippen LogP contribution in [0.5, 0.6) is 5.75 Å². The van der Waals surface area contributed by atoms with Crippen molar-refractivity contribution in [2.75, 3.05) is 13.2 Å². The Morgan fingerprint density at radius 2 is 2.00 bits per heavy atom. The van der Waals surface area contributed by atoms with Gasteiger partial charge >= 0.3 is 0 Å². The van der Waals surface area contributed by atoms with E-state index in [0.717, 1.165) is 31.7 Å². The van der Waals surface area contributed by atoms with Crippen molar-refractivity contribution in [3.63, 3.8) is 0 Å². The number of ether oxygens (including phenoxy) is 1. The zero-order valence-electron chi connectivity index (χ0n) is 17.5. The third-order valence-electron chi connectivity index (χ3n) is 5.32. The lowest BCUT2D eigenvalue weighted by Gasteiger charge is -2.10. The van der Waals surface area contributed by atoms with Crippen molar-refractivity contribution in [3.8, 4) is 17.6 Å². The van der Waals surface area contributed by atoms with Crippen LogP contribution in [0.3, 0.4) is 0 Å². The molecule has 1 aromatic carbocycles. The second kappa shape index (κ2) is 10.1. The zero-order valence-corrected chi connectivity index (χ0v) is 17.5. The Labute approximate surface area is 184 Å². The summed E-state index contributed by atoms with van der Waals surface area (Å²) in [6, 6.07) is 11.7. The van der Waals surface area contributed by atoms with E-state index in [0.29, 0.717) is 18.2 Å². The topological polar surface area (TPSA) is 109 Å². The average Bonchev–Trinajstić information content (AvgIpc) is 3.33. The van der Waals surface area contributed by atoms with Crippen LogP contribution in [0.1, 0.15) is 28.8 Å². The molecule has 8 heteroatoms. The number of aryl methyl sites for hydroxylation is 2. The predicted molar refractivity (Wildman–Crippen MR) is 119 cm³/mol. The number of nitrogens with zero attached hydrogens (tertiary/aromatic N) is 2. The Balaban J connectivity index is 1.36. The lowest BCUT2D eigenvalue weighted by Crippen LogP contribution is -2.28. The van der Waals surface area contributed by atoms with Crippen molar-refractivity contribution >= 4 is 0 Å². The molecule has 3 heterocycles. The highest BCUT2D eigenvalue weighted by atomic mass is 16.5. The molecular formula is C24H24N4O4. The first-order valence-electron chi connectivity index (χ1n) is 10.5. The molecule has 2 aromatic heterocycles. The van der Waals surface area contributed by atoms with Crippen molar-refractivity contribution in [1.29, 1.82) is 0 Å². The number of aromatic hydroxyl groups is 1. The Hall–Kier alpha value is -3.67. The van der Waals surface area contributed by atoms with E-state index in [1.165, 1.54) is 22.5 Å². The van der Waals surface area contributed by atoms with Crippen LogP contribution < -0.4 is 16.4 Å². The van der Waals surface area contributed by atoms with Crippen LogP contribution in [-0.2, 0) is 24.2 Å². The second-order valence-corrected chi connectivity index (χ2v) is 7.61. The van der Waals surface area contributed by atoms with E-state index >= 15 is 0 Å². The molecule has 0 bridgehead atoms. The lowest BCUT2D eigenvalue weighted by molar-refractivity contribution is 0.190. The van der Waals surface area contributed by atoms with Crippen molar-refractivity contribution in [2.45, 2.75) is 32.0 Å². The highest BCUT2D eigenvalue weighted by Crippen LogP contribution is 2.09. The molecule has 32 heavy (non-hydrogen) atoms. The number of hydrogen-bond acceptors (Lipinski definition) is 6. The lowest BCUT2D eigenvalue weighted by atomic mass is 10.1. The third kappa shape index (κ3) is 5.52. The molecule has 1 fully saturated rings. The maximum Gasteiger partial charge on any atom is 0.293 e. The van der Waals surface area contributed by atoms with Crippen molar-refractivity contribution in [3.05, 3.63) is 92.0 Å². The van der Waals surface area contributed by atoms with E-state index in [9.17, 15) is 14.7 Å². The molecule has 0 spiro atoms. The summed E-state index contributed by atoms with van der Waals surface area (Å²) in [5.41, 5.74) is 2.12. The number of rotatable bonds is 6. The molecule has 0 saturated carbocycles. The second-order valence-electron chi connectivity index (χ2n) is 7.61. The largest absolute Gasteiger partial charge is 0.502 e. The predicted octanol–water partition coefficient (Wildman–Crippen LogP) is 1.16. The van der Waals surface area contributed by atoms with Gasteiger partial charge in [0, 0.05) is 55.5 Å². The minimum absolute atomic E-state index is 0.210. The van der Waals surface area contributed by atoms with Crippen molar-refractivity contribution in [2.24, 2.45) is 0 Å². The molecule has 3 aromatic rings. The Bertz CT molecular complexity index is 1250. The van der Waals surface area contributed by atoms with Crippen LogP contribution >= 0.6 is 0 Å². The van der Waals surface area contributed by atoms with E-state index < -0.39 is 11.3 Å². The number of aromatic amines is 1. The SMILES string of the molecule is O=c1[nH]cnc(CCn2ccc(C#Cc3ccc(CNC4CCOC4)cc3)cc2=O)c1O. The average molecular weight is 432 g/mol. The minimum Gasteiger partial charge on any atom is -0.502 e. The summed E-state index contributed by atoms with van der Waals surface area (Å²) in [4.78, 5) is 30.0. The monoisotopic (exact) mass is 432 g/mol. The first-order valence-corrected chi connectivity index (χ1v) is 10.5. The van der Waals surface area contributed by atoms with E-state index in [2.05, 4.69) is 27.1 Å². The third-order valence-corrected chi connectivity index (χ3v) is 5.32. The molecule has 1 saturated heterocycles. The highest BCUT2D eigenvalue weighted by molar-refractivity contribution is 5.42. The van der Waals surface area contributed by atoms with E-state index in [1.807, 2.05) is 24.3 Å². The molecule has 1 unspecified atom stereocenters. The summed E-state index contributed by atoms with van der Waals surface area (Å²) in [6.45, 7) is 2.68. The molecule has 1 aliphatic rings. The first-order chi connectivity index (χ1) is 15.6. The van der Waals surface area contributed by atoms with Gasteiger partial charge in [-0.15, -0.1) is 0 Å². The maximum atomic E-state index is 12.4. The van der Waals surface area contributed by atoms with Crippen LogP contribution in [0.25, 0.3) is 0 Å². The van der Waals surface area contributed by atoms with Crippen LogP contribution in [0.4, 0.5) is 0 Å². The first kappa shape index (κ1) is 21.6. The van der Waals surface area contributed by atoms with E-state index in [1.54, 1.807) is 12.3 Å². The number of benzene rings is 1. The fraction of sp³-hybridized carbons (Fsp3) is 0.292. The normalized spacial score (nSPS) is 15.3. The zero-order chi connectivity index (χ0) is 22.3. The maximum absolute atomic E-state index is 12.4. The number of hydrogen-bond donors (Lipinski definition) is 3.